The minimum Gasteiger partial charge on any atom is -0.494 e. The quantitative estimate of drug-likeness (QED) is 0.803. The number of rotatable bonds is 7. The van der Waals surface area contributed by atoms with Gasteiger partial charge in [-0.25, -0.2) is 0 Å². The number of amides is 2. The molecule has 0 radical (unpaired) electrons. The van der Waals surface area contributed by atoms with Gasteiger partial charge in [-0.2, -0.15) is 0 Å². The molecule has 0 aliphatic rings. The Kier molecular flexibility index (Phi) is 6.86. The Morgan fingerprint density at radius 1 is 1.04 bits per heavy atom. The van der Waals surface area contributed by atoms with E-state index in [4.69, 9.17) is 21.1 Å². The van der Waals surface area contributed by atoms with Crippen LogP contribution in [0.25, 0.3) is 0 Å². The van der Waals surface area contributed by atoms with E-state index in [0.29, 0.717) is 28.6 Å². The number of carbonyl (C=O) groups excluding carboxylic acids is 2. The summed E-state index contributed by atoms with van der Waals surface area (Å²) in [7, 11) is 3.31. The van der Waals surface area contributed by atoms with Crippen LogP contribution in [-0.2, 0) is 4.79 Å². The summed E-state index contributed by atoms with van der Waals surface area (Å²) >= 11 is 6.09. The van der Waals surface area contributed by atoms with E-state index in [1.807, 2.05) is 6.92 Å². The van der Waals surface area contributed by atoms with E-state index in [9.17, 15) is 9.59 Å². The summed E-state index contributed by atoms with van der Waals surface area (Å²) in [6, 6.07) is 11.7. The lowest BCUT2D eigenvalue weighted by molar-refractivity contribution is -0.118. The SMILES string of the molecule is CCOc1ccc(OCC(=O)Nc2cc(C(=O)N(C)C)ccc2Cl)cc1. The van der Waals surface area contributed by atoms with E-state index in [2.05, 4.69) is 5.32 Å². The van der Waals surface area contributed by atoms with Crippen molar-refractivity contribution in [2.45, 2.75) is 6.92 Å². The Morgan fingerprint density at radius 3 is 2.23 bits per heavy atom. The van der Waals surface area contributed by atoms with Crippen LogP contribution < -0.4 is 14.8 Å². The van der Waals surface area contributed by atoms with E-state index in [0.717, 1.165) is 5.75 Å². The van der Waals surface area contributed by atoms with Crippen LogP contribution in [0.1, 0.15) is 17.3 Å². The smallest absolute Gasteiger partial charge is 0.262 e. The molecule has 2 aromatic rings. The summed E-state index contributed by atoms with van der Waals surface area (Å²) < 4.78 is 10.8. The third-order valence-electron chi connectivity index (χ3n) is 3.40. The molecule has 0 unspecified atom stereocenters. The zero-order chi connectivity index (χ0) is 19.1. The van der Waals surface area contributed by atoms with Crippen molar-refractivity contribution in [1.29, 1.82) is 0 Å². The van der Waals surface area contributed by atoms with Crippen molar-refractivity contribution < 1.29 is 19.1 Å². The van der Waals surface area contributed by atoms with Gasteiger partial charge >= 0.3 is 0 Å². The molecule has 2 rings (SSSR count). The lowest BCUT2D eigenvalue weighted by Crippen LogP contribution is -2.23. The molecule has 0 saturated carbocycles. The summed E-state index contributed by atoms with van der Waals surface area (Å²) in [5, 5.41) is 3.00. The second-order valence-corrected chi connectivity index (χ2v) is 6.04. The molecule has 0 fully saturated rings. The fourth-order valence-electron chi connectivity index (χ4n) is 2.15. The van der Waals surface area contributed by atoms with Crippen LogP contribution >= 0.6 is 11.6 Å². The number of ether oxygens (including phenoxy) is 2. The molecule has 26 heavy (non-hydrogen) atoms. The fraction of sp³-hybridized carbons (Fsp3) is 0.263. The molecule has 0 heterocycles. The molecule has 0 aromatic heterocycles. The van der Waals surface area contributed by atoms with Crippen molar-refractivity contribution in [3.05, 3.63) is 53.1 Å². The third kappa shape index (κ3) is 5.39. The minimum atomic E-state index is -0.379. The van der Waals surface area contributed by atoms with Gasteiger partial charge in [-0.15, -0.1) is 0 Å². The van der Waals surface area contributed by atoms with Crippen LogP contribution in [0.2, 0.25) is 5.02 Å². The predicted octanol–water partition coefficient (Wildman–Crippen LogP) is 3.46. The van der Waals surface area contributed by atoms with Gasteiger partial charge in [-0.05, 0) is 49.4 Å². The Bertz CT molecular complexity index is 776. The standard InChI is InChI=1S/C19H21ClN2O4/c1-4-25-14-6-8-15(9-7-14)26-12-18(23)21-17-11-13(5-10-16(17)20)19(24)22(2)3/h5-11H,4,12H2,1-3H3,(H,21,23). The summed E-state index contributed by atoms with van der Waals surface area (Å²) in [6.45, 7) is 2.30. The topological polar surface area (TPSA) is 67.9 Å². The van der Waals surface area contributed by atoms with Gasteiger partial charge in [0.1, 0.15) is 11.5 Å². The Balaban J connectivity index is 1.96. The van der Waals surface area contributed by atoms with E-state index < -0.39 is 0 Å². The van der Waals surface area contributed by atoms with E-state index >= 15 is 0 Å². The normalized spacial score (nSPS) is 10.2. The molecule has 0 atom stereocenters. The van der Waals surface area contributed by atoms with Crippen LogP contribution in [0.15, 0.2) is 42.5 Å². The molecule has 0 spiro atoms. The fourth-order valence-corrected chi connectivity index (χ4v) is 2.31. The average Bonchev–Trinajstić information content (AvgIpc) is 2.62. The van der Waals surface area contributed by atoms with Crippen LogP contribution in [0.4, 0.5) is 5.69 Å². The van der Waals surface area contributed by atoms with Gasteiger partial charge < -0.3 is 19.7 Å². The number of benzene rings is 2. The number of hydrogen-bond donors (Lipinski definition) is 1. The molecule has 0 bridgehead atoms. The summed E-state index contributed by atoms with van der Waals surface area (Å²) in [6.07, 6.45) is 0. The van der Waals surface area contributed by atoms with Crippen LogP contribution in [0.5, 0.6) is 11.5 Å². The highest BCUT2D eigenvalue weighted by atomic mass is 35.5. The predicted molar refractivity (Wildman–Crippen MR) is 101 cm³/mol. The molecule has 2 aromatic carbocycles. The number of nitrogens with one attached hydrogen (secondary N) is 1. The van der Waals surface area contributed by atoms with Crippen molar-refractivity contribution in [3.63, 3.8) is 0 Å². The molecule has 0 aliphatic heterocycles. The summed E-state index contributed by atoms with van der Waals surface area (Å²) in [4.78, 5) is 25.6. The van der Waals surface area contributed by atoms with Gasteiger partial charge in [0.2, 0.25) is 0 Å². The minimum absolute atomic E-state index is 0.178. The van der Waals surface area contributed by atoms with Gasteiger partial charge in [0.05, 0.1) is 17.3 Å². The number of nitrogens with zero attached hydrogens (tertiary/aromatic N) is 1. The highest BCUT2D eigenvalue weighted by molar-refractivity contribution is 6.33. The first-order valence-electron chi connectivity index (χ1n) is 8.07. The van der Waals surface area contributed by atoms with Crippen LogP contribution in [0, 0.1) is 0 Å². The van der Waals surface area contributed by atoms with Crippen molar-refractivity contribution in [3.8, 4) is 11.5 Å². The van der Waals surface area contributed by atoms with Gasteiger partial charge in [0, 0.05) is 19.7 Å². The first-order valence-corrected chi connectivity index (χ1v) is 8.45. The number of halogens is 1. The maximum Gasteiger partial charge on any atom is 0.262 e. The van der Waals surface area contributed by atoms with E-state index in [-0.39, 0.29) is 18.4 Å². The largest absolute Gasteiger partial charge is 0.494 e. The zero-order valence-electron chi connectivity index (χ0n) is 14.9. The highest BCUT2D eigenvalue weighted by Gasteiger charge is 2.13. The average molecular weight is 377 g/mol. The van der Waals surface area contributed by atoms with Gasteiger partial charge in [0.25, 0.3) is 11.8 Å². The van der Waals surface area contributed by atoms with Crippen molar-refractivity contribution in [2.24, 2.45) is 0 Å². The van der Waals surface area contributed by atoms with E-state index in [1.54, 1.807) is 56.6 Å². The Morgan fingerprint density at radius 2 is 1.65 bits per heavy atom. The lowest BCUT2D eigenvalue weighted by Gasteiger charge is -2.13. The van der Waals surface area contributed by atoms with Gasteiger partial charge in [0.15, 0.2) is 6.61 Å². The maximum atomic E-state index is 12.1. The first-order chi connectivity index (χ1) is 12.4. The third-order valence-corrected chi connectivity index (χ3v) is 3.73. The molecule has 2 amide bonds. The van der Waals surface area contributed by atoms with Crippen molar-refractivity contribution in [1.82, 2.24) is 4.90 Å². The van der Waals surface area contributed by atoms with Crippen LogP contribution in [-0.4, -0.2) is 44.0 Å². The number of carbonyl (C=O) groups is 2. The maximum absolute atomic E-state index is 12.1. The molecule has 138 valence electrons. The molecule has 1 N–H and O–H groups in total. The van der Waals surface area contributed by atoms with Crippen molar-refractivity contribution in [2.75, 3.05) is 32.6 Å². The molecule has 0 aliphatic carbocycles. The van der Waals surface area contributed by atoms with E-state index in [1.165, 1.54) is 4.90 Å². The first kappa shape index (κ1) is 19.6. The number of anilines is 1. The molecule has 0 saturated heterocycles. The van der Waals surface area contributed by atoms with Crippen molar-refractivity contribution >= 4 is 29.1 Å². The monoisotopic (exact) mass is 376 g/mol. The van der Waals surface area contributed by atoms with Crippen LogP contribution in [0.3, 0.4) is 0 Å². The Labute approximate surface area is 157 Å². The molecule has 6 nitrogen and oxygen atoms in total. The zero-order valence-corrected chi connectivity index (χ0v) is 15.7. The Hall–Kier alpha value is -2.73. The lowest BCUT2D eigenvalue weighted by atomic mass is 10.2. The summed E-state index contributed by atoms with van der Waals surface area (Å²) in [5.41, 5.74) is 0.793. The summed E-state index contributed by atoms with van der Waals surface area (Å²) in [5.74, 6) is 0.725. The highest BCUT2D eigenvalue weighted by Crippen LogP contribution is 2.24. The number of hydrogen-bond acceptors (Lipinski definition) is 4. The molecule has 7 heteroatoms. The van der Waals surface area contributed by atoms with Gasteiger partial charge in [-0.1, -0.05) is 11.6 Å². The second-order valence-electron chi connectivity index (χ2n) is 5.64. The second kappa shape index (κ2) is 9.10. The molecular formula is C19H21ClN2O4. The molecular weight excluding hydrogens is 356 g/mol. The van der Waals surface area contributed by atoms with Gasteiger partial charge in [-0.3, -0.25) is 9.59 Å².